The fourth-order valence-electron chi connectivity index (χ4n) is 1.57. The quantitative estimate of drug-likeness (QED) is 0.633. The van der Waals surface area contributed by atoms with Crippen LogP contribution in [-0.4, -0.2) is 45.0 Å². The van der Waals surface area contributed by atoms with Gasteiger partial charge in [-0.3, -0.25) is 4.79 Å². The second-order valence-electron chi connectivity index (χ2n) is 3.60. The summed E-state index contributed by atoms with van der Waals surface area (Å²) in [6.07, 6.45) is 0.601. The van der Waals surface area contributed by atoms with E-state index in [0.717, 1.165) is 0 Å². The van der Waals surface area contributed by atoms with Crippen molar-refractivity contribution >= 4 is 15.7 Å². The fraction of sp³-hybridized carbons (Fsp3) is 0.875. The van der Waals surface area contributed by atoms with Crippen LogP contribution in [0.3, 0.4) is 0 Å². The molecule has 0 aliphatic carbocycles. The third kappa shape index (κ3) is 2.95. The summed E-state index contributed by atoms with van der Waals surface area (Å²) in [6.45, 7) is 1.73. The van der Waals surface area contributed by atoms with Crippen molar-refractivity contribution in [3.63, 3.8) is 0 Å². The van der Waals surface area contributed by atoms with E-state index in [1.807, 2.05) is 0 Å². The monoisotopic (exact) mass is 220 g/mol. The Morgan fingerprint density at radius 1 is 1.50 bits per heavy atom. The number of hydrogen-bond donors (Lipinski definition) is 2. The first-order valence-electron chi connectivity index (χ1n) is 4.62. The summed E-state index contributed by atoms with van der Waals surface area (Å²) in [5.74, 6) is 0.258. The molecular weight excluding hydrogens is 204 g/mol. The standard InChI is InChI=1S/C8H16N2O3S/c1-6(8(11)9-2)10-7-3-4-14(12,13)5-7/h6-7,10H,3-5H2,1-2H3,(H,9,11). The Balaban J connectivity index is 2.43. The molecule has 1 aliphatic rings. The van der Waals surface area contributed by atoms with Crippen LogP contribution in [0, 0.1) is 0 Å². The van der Waals surface area contributed by atoms with Gasteiger partial charge in [0, 0.05) is 13.1 Å². The minimum absolute atomic E-state index is 0.0766. The van der Waals surface area contributed by atoms with E-state index < -0.39 is 9.84 Å². The molecule has 2 unspecified atom stereocenters. The Labute approximate surface area is 84.2 Å². The van der Waals surface area contributed by atoms with Gasteiger partial charge in [-0.15, -0.1) is 0 Å². The molecule has 0 bridgehead atoms. The van der Waals surface area contributed by atoms with Crippen molar-refractivity contribution in [3.8, 4) is 0 Å². The van der Waals surface area contributed by atoms with E-state index in [-0.39, 0.29) is 29.5 Å². The lowest BCUT2D eigenvalue weighted by Gasteiger charge is -2.16. The van der Waals surface area contributed by atoms with Gasteiger partial charge < -0.3 is 10.6 Å². The van der Waals surface area contributed by atoms with E-state index in [9.17, 15) is 13.2 Å². The molecule has 5 nitrogen and oxygen atoms in total. The van der Waals surface area contributed by atoms with E-state index in [1.165, 1.54) is 0 Å². The molecule has 14 heavy (non-hydrogen) atoms. The number of likely N-dealkylation sites (N-methyl/N-ethyl adjacent to an activating group) is 1. The Morgan fingerprint density at radius 3 is 2.57 bits per heavy atom. The van der Waals surface area contributed by atoms with Crippen molar-refractivity contribution in [2.75, 3.05) is 18.6 Å². The summed E-state index contributed by atoms with van der Waals surface area (Å²) >= 11 is 0. The molecule has 1 amide bonds. The minimum atomic E-state index is -2.87. The average Bonchev–Trinajstić information content (AvgIpc) is 2.44. The van der Waals surface area contributed by atoms with Gasteiger partial charge in [-0.25, -0.2) is 8.42 Å². The van der Waals surface area contributed by atoms with Gasteiger partial charge in [0.05, 0.1) is 17.5 Å². The Hall–Kier alpha value is -0.620. The molecule has 0 spiro atoms. The lowest BCUT2D eigenvalue weighted by molar-refractivity contribution is -0.122. The molecular formula is C8H16N2O3S. The van der Waals surface area contributed by atoms with Crippen LogP contribution in [0.1, 0.15) is 13.3 Å². The number of hydrogen-bond acceptors (Lipinski definition) is 4. The van der Waals surface area contributed by atoms with Crippen molar-refractivity contribution in [1.29, 1.82) is 0 Å². The van der Waals surface area contributed by atoms with Crippen molar-refractivity contribution < 1.29 is 13.2 Å². The smallest absolute Gasteiger partial charge is 0.236 e. The lowest BCUT2D eigenvalue weighted by Crippen LogP contribution is -2.46. The molecule has 0 radical (unpaired) electrons. The van der Waals surface area contributed by atoms with Crippen molar-refractivity contribution in [3.05, 3.63) is 0 Å². The second kappa shape index (κ2) is 4.27. The van der Waals surface area contributed by atoms with E-state index in [1.54, 1.807) is 14.0 Å². The van der Waals surface area contributed by atoms with Gasteiger partial charge in [-0.05, 0) is 13.3 Å². The maximum atomic E-state index is 11.1. The number of carbonyl (C=O) groups is 1. The molecule has 1 aliphatic heterocycles. The summed E-state index contributed by atoms with van der Waals surface area (Å²) in [5, 5.41) is 5.50. The second-order valence-corrected chi connectivity index (χ2v) is 5.83. The summed E-state index contributed by atoms with van der Waals surface area (Å²) in [5.41, 5.74) is 0. The summed E-state index contributed by atoms with van der Waals surface area (Å²) in [7, 11) is -1.31. The van der Waals surface area contributed by atoms with Gasteiger partial charge in [0.15, 0.2) is 9.84 Å². The van der Waals surface area contributed by atoms with Gasteiger partial charge in [0.25, 0.3) is 0 Å². The van der Waals surface area contributed by atoms with Crippen LogP contribution >= 0.6 is 0 Å². The zero-order chi connectivity index (χ0) is 10.8. The number of amides is 1. The topological polar surface area (TPSA) is 75.3 Å². The highest BCUT2D eigenvalue weighted by atomic mass is 32.2. The third-order valence-corrected chi connectivity index (χ3v) is 4.13. The number of rotatable bonds is 3. The van der Waals surface area contributed by atoms with Crippen LogP contribution < -0.4 is 10.6 Å². The summed E-state index contributed by atoms with van der Waals surface area (Å²) in [6, 6.07) is -0.411. The lowest BCUT2D eigenvalue weighted by atomic mass is 10.2. The SMILES string of the molecule is CNC(=O)C(C)NC1CCS(=O)(=O)C1. The van der Waals surface area contributed by atoms with Crippen LogP contribution in [-0.2, 0) is 14.6 Å². The Bertz CT molecular complexity index is 313. The third-order valence-electron chi connectivity index (χ3n) is 2.36. The van der Waals surface area contributed by atoms with Crippen molar-refractivity contribution in [2.45, 2.75) is 25.4 Å². The Morgan fingerprint density at radius 2 is 2.14 bits per heavy atom. The summed E-state index contributed by atoms with van der Waals surface area (Å²) in [4.78, 5) is 11.1. The molecule has 1 rings (SSSR count). The van der Waals surface area contributed by atoms with E-state index in [0.29, 0.717) is 6.42 Å². The first-order chi connectivity index (χ1) is 6.44. The highest BCUT2D eigenvalue weighted by Crippen LogP contribution is 2.11. The van der Waals surface area contributed by atoms with Gasteiger partial charge >= 0.3 is 0 Å². The molecule has 1 heterocycles. The highest BCUT2D eigenvalue weighted by Gasteiger charge is 2.29. The van der Waals surface area contributed by atoms with Crippen molar-refractivity contribution in [2.24, 2.45) is 0 Å². The maximum Gasteiger partial charge on any atom is 0.236 e. The molecule has 0 aromatic rings. The highest BCUT2D eigenvalue weighted by molar-refractivity contribution is 7.91. The Kier molecular flexibility index (Phi) is 3.49. The van der Waals surface area contributed by atoms with E-state index in [2.05, 4.69) is 10.6 Å². The molecule has 0 aromatic heterocycles. The number of carbonyl (C=O) groups excluding carboxylic acids is 1. The molecule has 82 valence electrons. The molecule has 2 N–H and O–H groups in total. The zero-order valence-electron chi connectivity index (χ0n) is 8.41. The first-order valence-corrected chi connectivity index (χ1v) is 6.45. The van der Waals surface area contributed by atoms with Crippen molar-refractivity contribution in [1.82, 2.24) is 10.6 Å². The van der Waals surface area contributed by atoms with Gasteiger partial charge in [-0.2, -0.15) is 0 Å². The number of nitrogens with one attached hydrogen (secondary N) is 2. The molecule has 0 aromatic carbocycles. The molecule has 1 fully saturated rings. The average molecular weight is 220 g/mol. The minimum Gasteiger partial charge on any atom is -0.358 e. The molecule has 2 atom stereocenters. The molecule has 0 saturated carbocycles. The van der Waals surface area contributed by atoms with Crippen LogP contribution in [0.2, 0.25) is 0 Å². The normalized spacial score (nSPS) is 27.1. The first kappa shape index (κ1) is 11.5. The number of sulfone groups is 1. The van der Waals surface area contributed by atoms with Crippen LogP contribution in [0.5, 0.6) is 0 Å². The van der Waals surface area contributed by atoms with Crippen LogP contribution in [0.25, 0.3) is 0 Å². The van der Waals surface area contributed by atoms with Gasteiger partial charge in [0.2, 0.25) is 5.91 Å². The molecule has 1 saturated heterocycles. The summed E-state index contributed by atoms with van der Waals surface area (Å²) < 4.78 is 22.2. The predicted octanol–water partition coefficient (Wildman–Crippen LogP) is -1.10. The zero-order valence-corrected chi connectivity index (χ0v) is 9.23. The van der Waals surface area contributed by atoms with Gasteiger partial charge in [-0.1, -0.05) is 0 Å². The fourth-order valence-corrected chi connectivity index (χ4v) is 3.26. The molecule has 6 heteroatoms. The predicted molar refractivity (Wildman–Crippen MR) is 53.7 cm³/mol. The van der Waals surface area contributed by atoms with E-state index in [4.69, 9.17) is 0 Å². The van der Waals surface area contributed by atoms with Crippen LogP contribution in [0.4, 0.5) is 0 Å². The maximum absolute atomic E-state index is 11.1. The largest absolute Gasteiger partial charge is 0.358 e. The van der Waals surface area contributed by atoms with E-state index >= 15 is 0 Å². The van der Waals surface area contributed by atoms with Gasteiger partial charge in [0.1, 0.15) is 0 Å². The van der Waals surface area contributed by atoms with Crippen LogP contribution in [0.15, 0.2) is 0 Å².